The second-order valence-electron chi connectivity index (χ2n) is 5.42. The van der Waals surface area contributed by atoms with E-state index in [2.05, 4.69) is 13.8 Å². The van der Waals surface area contributed by atoms with Crippen LogP contribution >= 0.6 is 0 Å². The number of rotatable bonds is 17. The van der Waals surface area contributed by atoms with E-state index in [1.807, 2.05) is 0 Å². The van der Waals surface area contributed by atoms with Crippen molar-refractivity contribution >= 4 is 10.4 Å². The molecule has 0 amide bonds. The van der Waals surface area contributed by atoms with Gasteiger partial charge in [-0.15, -0.1) is 0 Å². The number of aliphatic hydroxyl groups excluding tert-OH is 1. The van der Waals surface area contributed by atoms with Crippen molar-refractivity contribution in [3.8, 4) is 0 Å². The Balaban J connectivity index is 0. The fraction of sp³-hybridized carbons (Fsp3) is 1.00. The van der Waals surface area contributed by atoms with E-state index in [-0.39, 0.29) is 6.61 Å². The average Bonchev–Trinajstić information content (AvgIpc) is 2.52. The van der Waals surface area contributed by atoms with Gasteiger partial charge >= 0.3 is 10.4 Å². The van der Waals surface area contributed by atoms with Gasteiger partial charge in [-0.25, -0.2) is 0 Å². The van der Waals surface area contributed by atoms with E-state index >= 15 is 0 Å². The SMILES string of the molecule is CC(C)CCOCCOCCOCCOCCOCCO.O=S(=O)(O)O. The van der Waals surface area contributed by atoms with Crippen LogP contribution in [-0.4, -0.2) is 95.3 Å². The van der Waals surface area contributed by atoms with Crippen molar-refractivity contribution in [3.63, 3.8) is 0 Å². The average molecular weight is 406 g/mol. The Labute approximate surface area is 156 Å². The quantitative estimate of drug-likeness (QED) is 0.230. The molecule has 0 bridgehead atoms. The highest BCUT2D eigenvalue weighted by molar-refractivity contribution is 7.79. The molecule has 0 aliphatic carbocycles. The van der Waals surface area contributed by atoms with E-state index in [0.717, 1.165) is 13.0 Å². The van der Waals surface area contributed by atoms with Gasteiger partial charge in [-0.1, -0.05) is 13.8 Å². The second kappa shape index (κ2) is 20.9. The molecule has 26 heavy (non-hydrogen) atoms. The molecule has 0 aromatic carbocycles. The summed E-state index contributed by atoms with van der Waals surface area (Å²) in [5.74, 6) is 0.683. The molecule has 0 rings (SSSR count). The van der Waals surface area contributed by atoms with Gasteiger partial charge < -0.3 is 28.8 Å². The highest BCUT2D eigenvalue weighted by Crippen LogP contribution is 1.98. The lowest BCUT2D eigenvalue weighted by molar-refractivity contribution is -0.0137. The molecule has 0 saturated heterocycles. The van der Waals surface area contributed by atoms with Gasteiger partial charge in [0.25, 0.3) is 0 Å². The summed E-state index contributed by atoms with van der Waals surface area (Å²) in [5, 5.41) is 8.49. The number of aliphatic hydroxyl groups is 1. The van der Waals surface area contributed by atoms with Gasteiger partial charge in [0.05, 0.1) is 66.1 Å². The van der Waals surface area contributed by atoms with Gasteiger partial charge in [0.15, 0.2) is 0 Å². The summed E-state index contributed by atoms with van der Waals surface area (Å²) >= 11 is 0. The molecule has 0 aliphatic rings. The summed E-state index contributed by atoms with van der Waals surface area (Å²) < 4.78 is 58.1. The monoisotopic (exact) mass is 406 g/mol. The van der Waals surface area contributed by atoms with Crippen LogP contribution in [0.5, 0.6) is 0 Å². The van der Waals surface area contributed by atoms with Crippen molar-refractivity contribution in [1.29, 1.82) is 0 Å². The summed E-state index contributed by atoms with van der Waals surface area (Å²) in [6, 6.07) is 0. The van der Waals surface area contributed by atoms with Crippen LogP contribution in [0.1, 0.15) is 20.3 Å². The maximum atomic E-state index is 8.74. The van der Waals surface area contributed by atoms with Crippen molar-refractivity contribution in [2.24, 2.45) is 5.92 Å². The molecule has 0 unspecified atom stereocenters. The van der Waals surface area contributed by atoms with E-state index in [1.165, 1.54) is 0 Å². The molecule has 0 fully saturated rings. The van der Waals surface area contributed by atoms with Gasteiger partial charge in [0.2, 0.25) is 0 Å². The summed E-state index contributed by atoms with van der Waals surface area (Å²) in [6.45, 7) is 10.1. The van der Waals surface area contributed by atoms with Crippen molar-refractivity contribution in [3.05, 3.63) is 0 Å². The summed E-state index contributed by atoms with van der Waals surface area (Å²) in [5.41, 5.74) is 0. The third-order valence-corrected chi connectivity index (χ3v) is 2.56. The Bertz CT molecular complexity index is 353. The molecular weight excluding hydrogens is 372 g/mol. The zero-order chi connectivity index (χ0) is 20.1. The smallest absolute Gasteiger partial charge is 0.394 e. The first-order valence-electron chi connectivity index (χ1n) is 8.46. The van der Waals surface area contributed by atoms with Gasteiger partial charge in [0, 0.05) is 6.61 Å². The molecule has 0 aliphatic heterocycles. The first-order valence-corrected chi connectivity index (χ1v) is 9.86. The first-order chi connectivity index (χ1) is 12.3. The highest BCUT2D eigenvalue weighted by Gasteiger charge is 1.95. The molecule has 0 saturated carbocycles. The van der Waals surface area contributed by atoms with E-state index < -0.39 is 10.4 Å². The van der Waals surface area contributed by atoms with Gasteiger partial charge in [0.1, 0.15) is 0 Å². The van der Waals surface area contributed by atoms with Crippen LogP contribution in [-0.2, 0) is 34.1 Å². The van der Waals surface area contributed by atoms with Gasteiger partial charge in [-0.3, -0.25) is 9.11 Å². The Morgan fingerprint density at radius 1 is 0.654 bits per heavy atom. The van der Waals surface area contributed by atoms with Crippen molar-refractivity contribution in [1.82, 2.24) is 0 Å². The van der Waals surface area contributed by atoms with Crippen molar-refractivity contribution in [2.45, 2.75) is 20.3 Å². The van der Waals surface area contributed by atoms with Crippen molar-refractivity contribution in [2.75, 3.05) is 72.7 Å². The fourth-order valence-corrected chi connectivity index (χ4v) is 1.37. The van der Waals surface area contributed by atoms with Crippen LogP contribution in [0, 0.1) is 5.92 Å². The second-order valence-corrected chi connectivity index (χ2v) is 6.31. The summed E-state index contributed by atoms with van der Waals surface area (Å²) in [4.78, 5) is 0. The molecule has 160 valence electrons. The number of hydrogen-bond donors (Lipinski definition) is 3. The maximum absolute atomic E-state index is 8.74. The van der Waals surface area contributed by atoms with Crippen LogP contribution in [0.25, 0.3) is 0 Å². The Morgan fingerprint density at radius 3 is 1.19 bits per heavy atom. The van der Waals surface area contributed by atoms with Gasteiger partial charge in [-0.05, 0) is 12.3 Å². The minimum Gasteiger partial charge on any atom is -0.394 e. The molecule has 10 nitrogen and oxygen atoms in total. The predicted octanol–water partition coefficient (Wildman–Crippen LogP) is 0.455. The van der Waals surface area contributed by atoms with E-state index in [4.69, 9.17) is 46.3 Å². The molecule has 11 heteroatoms. The van der Waals surface area contributed by atoms with Crippen molar-refractivity contribution < 1.29 is 46.3 Å². The molecule has 0 aromatic heterocycles. The normalized spacial score (nSPS) is 11.5. The molecule has 0 radical (unpaired) electrons. The zero-order valence-electron chi connectivity index (χ0n) is 15.7. The van der Waals surface area contributed by atoms with Crippen LogP contribution in [0.15, 0.2) is 0 Å². The zero-order valence-corrected chi connectivity index (χ0v) is 16.5. The lowest BCUT2D eigenvalue weighted by atomic mass is 10.1. The fourth-order valence-electron chi connectivity index (χ4n) is 1.37. The lowest BCUT2D eigenvalue weighted by Crippen LogP contribution is -2.13. The van der Waals surface area contributed by atoms with Crippen LogP contribution in [0.2, 0.25) is 0 Å². The summed E-state index contributed by atoms with van der Waals surface area (Å²) in [6.07, 6.45) is 1.09. The topological polar surface area (TPSA) is 141 Å². The molecule has 3 N–H and O–H groups in total. The van der Waals surface area contributed by atoms with Gasteiger partial charge in [-0.2, -0.15) is 8.42 Å². The Kier molecular flexibility index (Phi) is 22.4. The van der Waals surface area contributed by atoms with E-state index in [9.17, 15) is 0 Å². The standard InChI is InChI=1S/C15H32O6.H2O4S/c1-15(2)3-5-17-7-9-19-11-13-21-14-12-20-10-8-18-6-4-16;1-5(2,3)4/h15-16H,3-14H2,1-2H3;(H2,1,2,3,4). The van der Waals surface area contributed by atoms with E-state index in [1.54, 1.807) is 0 Å². The largest absolute Gasteiger partial charge is 0.394 e. The predicted molar refractivity (Wildman–Crippen MR) is 94.8 cm³/mol. The molecular formula is C15H34O10S. The lowest BCUT2D eigenvalue weighted by Gasteiger charge is -2.08. The van der Waals surface area contributed by atoms with Crippen LogP contribution in [0.4, 0.5) is 0 Å². The highest BCUT2D eigenvalue weighted by atomic mass is 32.3. The van der Waals surface area contributed by atoms with E-state index in [0.29, 0.717) is 65.4 Å². The van der Waals surface area contributed by atoms with Crippen LogP contribution in [0.3, 0.4) is 0 Å². The maximum Gasteiger partial charge on any atom is 0.394 e. The number of ether oxygens (including phenoxy) is 5. The Morgan fingerprint density at radius 2 is 0.923 bits per heavy atom. The third kappa shape index (κ3) is 38.9. The minimum absolute atomic E-state index is 0.0475. The summed E-state index contributed by atoms with van der Waals surface area (Å²) in [7, 11) is -4.67. The Hall–Kier alpha value is -0.370. The minimum atomic E-state index is -4.67. The molecule has 0 aromatic rings. The molecule has 0 spiro atoms. The van der Waals surface area contributed by atoms with Crippen LogP contribution < -0.4 is 0 Å². The molecule has 0 heterocycles. The first kappa shape index (κ1) is 27.8. The molecule has 0 atom stereocenters. The number of hydrogen-bond acceptors (Lipinski definition) is 8. The third-order valence-electron chi connectivity index (χ3n) is 2.56.